The topological polar surface area (TPSA) is 73.3 Å². The van der Waals surface area contributed by atoms with Crippen LogP contribution >= 0.6 is 15.9 Å². The molecule has 0 aliphatic carbocycles. The molecule has 5 heteroatoms. The summed E-state index contributed by atoms with van der Waals surface area (Å²) in [5, 5.41) is 16.4. The highest BCUT2D eigenvalue weighted by atomic mass is 79.9. The van der Waals surface area contributed by atoms with Gasteiger partial charge in [0.2, 0.25) is 0 Å². The number of anilines is 1. The Kier molecular flexibility index (Phi) is 6.15. The van der Waals surface area contributed by atoms with Gasteiger partial charge in [-0.3, -0.25) is 5.41 Å². The van der Waals surface area contributed by atoms with Crippen LogP contribution in [-0.2, 0) is 0 Å². The molecule has 0 fully saturated rings. The highest BCUT2D eigenvalue weighted by Crippen LogP contribution is 2.26. The number of hydrogen-bond acceptors (Lipinski definition) is 3. The van der Waals surface area contributed by atoms with Crippen molar-refractivity contribution >= 4 is 27.5 Å². The van der Waals surface area contributed by atoms with Gasteiger partial charge in [-0.1, -0.05) is 6.07 Å². The van der Waals surface area contributed by atoms with E-state index in [1.165, 1.54) is 0 Å². The Morgan fingerprint density at radius 1 is 1.39 bits per heavy atom. The van der Waals surface area contributed by atoms with E-state index in [2.05, 4.69) is 20.8 Å². The monoisotopic (exact) mass is 313 g/mol. The summed E-state index contributed by atoms with van der Waals surface area (Å²) in [6.07, 6.45) is 2.86. The molecule has 0 saturated heterocycles. The first-order valence-electron chi connectivity index (χ1n) is 6.02. The molecule has 0 aliphatic rings. The lowest BCUT2D eigenvalue weighted by atomic mass is 10.1. The third-order valence-electron chi connectivity index (χ3n) is 2.82. The average molecular weight is 314 g/mol. The smallest absolute Gasteiger partial charge is 0.126 e. The first-order chi connectivity index (χ1) is 8.57. The fourth-order valence-corrected chi connectivity index (χ4v) is 2.42. The van der Waals surface area contributed by atoms with Crippen LogP contribution in [0.25, 0.3) is 0 Å². The Labute approximate surface area is 116 Å². The van der Waals surface area contributed by atoms with E-state index in [0.717, 1.165) is 41.5 Å². The van der Waals surface area contributed by atoms with Crippen molar-refractivity contribution in [2.75, 3.05) is 25.1 Å². The maximum Gasteiger partial charge on any atom is 0.126 e. The number of aliphatic hydroxyl groups excluding tert-OH is 1. The average Bonchev–Trinajstić information content (AvgIpc) is 2.33. The molecule has 0 spiro atoms. The third-order valence-corrected chi connectivity index (χ3v) is 3.48. The molecule has 1 aromatic carbocycles. The van der Waals surface area contributed by atoms with E-state index in [1.54, 1.807) is 0 Å². The predicted octanol–water partition coefficient (Wildman–Crippen LogP) is 2.33. The van der Waals surface area contributed by atoms with Crippen molar-refractivity contribution in [1.29, 1.82) is 5.41 Å². The number of benzene rings is 1. The van der Waals surface area contributed by atoms with E-state index < -0.39 is 0 Å². The van der Waals surface area contributed by atoms with Crippen molar-refractivity contribution in [3.63, 3.8) is 0 Å². The van der Waals surface area contributed by atoms with Gasteiger partial charge in [-0.05, 0) is 47.3 Å². The van der Waals surface area contributed by atoms with Crippen LogP contribution in [0.1, 0.15) is 24.8 Å². The zero-order valence-electron chi connectivity index (χ0n) is 10.6. The molecule has 0 bridgehead atoms. The molecule has 4 N–H and O–H groups in total. The minimum Gasteiger partial charge on any atom is -0.396 e. The molecule has 0 radical (unpaired) electrons. The SMILES string of the molecule is CN(CCCCCO)c1cccc(Br)c1C(=N)N. The Balaban J connectivity index is 2.76. The summed E-state index contributed by atoms with van der Waals surface area (Å²) in [7, 11) is 1.99. The van der Waals surface area contributed by atoms with Crippen LogP contribution in [0.3, 0.4) is 0 Å². The van der Waals surface area contributed by atoms with Crippen LogP contribution in [0.5, 0.6) is 0 Å². The Morgan fingerprint density at radius 2 is 2.11 bits per heavy atom. The summed E-state index contributed by atoms with van der Waals surface area (Å²) < 4.78 is 0.842. The second-order valence-electron chi connectivity index (χ2n) is 4.25. The molecule has 4 nitrogen and oxygen atoms in total. The largest absolute Gasteiger partial charge is 0.396 e. The van der Waals surface area contributed by atoms with Gasteiger partial charge < -0.3 is 15.7 Å². The molecule has 0 heterocycles. The van der Waals surface area contributed by atoms with Crippen molar-refractivity contribution in [3.8, 4) is 0 Å². The van der Waals surface area contributed by atoms with Gasteiger partial charge in [-0.15, -0.1) is 0 Å². The number of amidine groups is 1. The van der Waals surface area contributed by atoms with E-state index in [-0.39, 0.29) is 12.4 Å². The van der Waals surface area contributed by atoms with Crippen LogP contribution in [0.2, 0.25) is 0 Å². The molecule has 100 valence electrons. The Morgan fingerprint density at radius 3 is 2.72 bits per heavy atom. The van der Waals surface area contributed by atoms with Crippen molar-refractivity contribution in [3.05, 3.63) is 28.2 Å². The number of rotatable bonds is 7. The van der Waals surface area contributed by atoms with Gasteiger partial charge in [-0.25, -0.2) is 0 Å². The standard InChI is InChI=1S/C13H20BrN3O/c1-17(8-3-2-4-9-18)11-7-5-6-10(14)12(11)13(15)16/h5-7,18H,2-4,8-9H2,1H3,(H3,15,16). The van der Waals surface area contributed by atoms with Crippen LogP contribution < -0.4 is 10.6 Å². The number of hydrogen-bond donors (Lipinski definition) is 3. The number of nitrogens with zero attached hydrogens (tertiary/aromatic N) is 1. The van der Waals surface area contributed by atoms with Crippen LogP contribution in [0, 0.1) is 5.41 Å². The molecular weight excluding hydrogens is 294 g/mol. The summed E-state index contributed by atoms with van der Waals surface area (Å²) in [6, 6.07) is 5.80. The zero-order valence-corrected chi connectivity index (χ0v) is 12.2. The first kappa shape index (κ1) is 15.0. The number of aliphatic hydroxyl groups is 1. The summed E-state index contributed by atoms with van der Waals surface area (Å²) in [5.41, 5.74) is 7.32. The molecule has 1 rings (SSSR count). The molecule has 0 saturated carbocycles. The highest BCUT2D eigenvalue weighted by molar-refractivity contribution is 9.10. The lowest BCUT2D eigenvalue weighted by molar-refractivity contribution is 0.283. The number of nitrogens with one attached hydrogen (secondary N) is 1. The zero-order chi connectivity index (χ0) is 13.5. The summed E-state index contributed by atoms with van der Waals surface area (Å²) in [4.78, 5) is 2.10. The molecular formula is C13H20BrN3O. The molecule has 1 aromatic rings. The fraction of sp³-hybridized carbons (Fsp3) is 0.462. The van der Waals surface area contributed by atoms with Crippen LogP contribution in [0.15, 0.2) is 22.7 Å². The normalized spacial score (nSPS) is 10.4. The van der Waals surface area contributed by atoms with Crippen molar-refractivity contribution < 1.29 is 5.11 Å². The van der Waals surface area contributed by atoms with Gasteiger partial charge in [0.25, 0.3) is 0 Å². The lowest BCUT2D eigenvalue weighted by Crippen LogP contribution is -2.23. The second-order valence-corrected chi connectivity index (χ2v) is 5.11. The van der Waals surface area contributed by atoms with Gasteiger partial charge in [0.1, 0.15) is 5.84 Å². The number of nitrogens with two attached hydrogens (primary N) is 1. The fourth-order valence-electron chi connectivity index (χ4n) is 1.86. The van der Waals surface area contributed by atoms with Crippen molar-refractivity contribution in [1.82, 2.24) is 0 Å². The third kappa shape index (κ3) is 3.99. The minimum atomic E-state index is 0.0692. The van der Waals surface area contributed by atoms with E-state index in [9.17, 15) is 0 Å². The summed E-state index contributed by atoms with van der Waals surface area (Å²) in [6.45, 7) is 1.13. The quantitative estimate of drug-likeness (QED) is 0.411. The maximum absolute atomic E-state index is 8.74. The summed E-state index contributed by atoms with van der Waals surface area (Å²) in [5.74, 6) is 0.0692. The highest BCUT2D eigenvalue weighted by Gasteiger charge is 2.12. The van der Waals surface area contributed by atoms with Crippen LogP contribution in [-0.4, -0.2) is 31.1 Å². The maximum atomic E-state index is 8.74. The minimum absolute atomic E-state index is 0.0692. The molecule has 0 amide bonds. The predicted molar refractivity (Wildman–Crippen MR) is 79.4 cm³/mol. The van der Waals surface area contributed by atoms with Gasteiger partial charge in [0.15, 0.2) is 0 Å². The first-order valence-corrected chi connectivity index (χ1v) is 6.82. The van der Waals surface area contributed by atoms with Crippen molar-refractivity contribution in [2.45, 2.75) is 19.3 Å². The van der Waals surface area contributed by atoms with Gasteiger partial charge >= 0.3 is 0 Å². The van der Waals surface area contributed by atoms with E-state index in [4.69, 9.17) is 16.2 Å². The number of halogens is 1. The molecule has 0 atom stereocenters. The number of unbranched alkanes of at least 4 members (excludes halogenated alkanes) is 2. The van der Waals surface area contributed by atoms with E-state index in [0.29, 0.717) is 0 Å². The Bertz CT molecular complexity index is 409. The molecule has 0 aromatic heterocycles. The van der Waals surface area contributed by atoms with Crippen LogP contribution in [0.4, 0.5) is 5.69 Å². The van der Waals surface area contributed by atoms with E-state index in [1.807, 2.05) is 25.2 Å². The van der Waals surface area contributed by atoms with Gasteiger partial charge in [0.05, 0.1) is 5.56 Å². The number of nitrogen functional groups attached to an aromatic ring is 1. The second kappa shape index (κ2) is 7.38. The van der Waals surface area contributed by atoms with Gasteiger partial charge in [0, 0.05) is 30.4 Å². The molecule has 0 aliphatic heterocycles. The van der Waals surface area contributed by atoms with Crippen molar-refractivity contribution in [2.24, 2.45) is 5.73 Å². The van der Waals surface area contributed by atoms with Gasteiger partial charge in [-0.2, -0.15) is 0 Å². The molecule has 18 heavy (non-hydrogen) atoms. The molecule has 0 unspecified atom stereocenters. The summed E-state index contributed by atoms with van der Waals surface area (Å²) >= 11 is 3.43. The lowest BCUT2D eigenvalue weighted by Gasteiger charge is -2.22. The Hall–Kier alpha value is -1.07. The van der Waals surface area contributed by atoms with E-state index >= 15 is 0 Å².